The summed E-state index contributed by atoms with van der Waals surface area (Å²) in [6.45, 7) is 4.14. The maximum atomic E-state index is 13.7. The second-order valence-electron chi connectivity index (χ2n) is 13.7. The van der Waals surface area contributed by atoms with E-state index >= 15 is 0 Å². The highest BCUT2D eigenvalue weighted by Crippen LogP contribution is 2.46. The number of aromatic hydroxyl groups is 8. The van der Waals surface area contributed by atoms with E-state index in [9.17, 15) is 55.5 Å². The largest absolute Gasteiger partial charge is 0.508 e. The molecule has 4 aromatic carbocycles. The number of allylic oxidation sites excluding steroid dienone is 1. The predicted molar refractivity (Wildman–Crippen MR) is 210 cm³/mol. The van der Waals surface area contributed by atoms with E-state index in [2.05, 4.69) is 5.32 Å². The van der Waals surface area contributed by atoms with E-state index in [1.54, 1.807) is 31.2 Å². The number of aliphatic carboxylic acids is 1. The summed E-state index contributed by atoms with van der Waals surface area (Å²) in [7, 11) is 0. The molecule has 0 radical (unpaired) electrons. The SMILES string of the molecule is CCCCCC(=CC(=O)OC(C(=O)O)C(CNCC)c1cc(O)c(O)c(O)c1)c1cc(O)c(O)cc1C=Cc1cc(O)c(O)c2c1-c1cccc(O)c1CCC2. The fourth-order valence-electron chi connectivity index (χ4n) is 7.13. The van der Waals surface area contributed by atoms with Crippen molar-refractivity contribution in [2.24, 2.45) is 0 Å². The molecule has 10 N–H and O–H groups in total. The van der Waals surface area contributed by atoms with Crippen LogP contribution in [0.1, 0.15) is 85.3 Å². The molecule has 0 aliphatic heterocycles. The minimum absolute atomic E-state index is 0.0428. The smallest absolute Gasteiger partial charge is 0.345 e. The van der Waals surface area contributed by atoms with Gasteiger partial charge in [-0.3, -0.25) is 0 Å². The number of nitrogens with one attached hydrogen (secondary N) is 1. The van der Waals surface area contributed by atoms with Crippen LogP contribution in [0.15, 0.2) is 54.6 Å². The summed E-state index contributed by atoms with van der Waals surface area (Å²) in [6.07, 6.45) is 6.63. The zero-order valence-electron chi connectivity index (χ0n) is 31.1. The fourth-order valence-corrected chi connectivity index (χ4v) is 7.13. The third-order valence-electron chi connectivity index (χ3n) is 9.95. The van der Waals surface area contributed by atoms with Gasteiger partial charge in [-0.05, 0) is 114 Å². The van der Waals surface area contributed by atoms with Gasteiger partial charge in [0, 0.05) is 29.7 Å². The molecule has 0 fully saturated rings. The monoisotopic (exact) mass is 769 g/mol. The minimum atomic E-state index is -1.81. The molecular formula is C43H47NO12. The molecule has 296 valence electrons. The lowest BCUT2D eigenvalue weighted by molar-refractivity contribution is -0.162. The summed E-state index contributed by atoms with van der Waals surface area (Å²) in [4.78, 5) is 26.3. The van der Waals surface area contributed by atoms with Crippen LogP contribution >= 0.6 is 0 Å². The summed E-state index contributed by atoms with van der Waals surface area (Å²) in [6, 6.07) is 11.2. The van der Waals surface area contributed by atoms with Crippen molar-refractivity contribution in [1.82, 2.24) is 5.32 Å². The maximum Gasteiger partial charge on any atom is 0.345 e. The maximum absolute atomic E-state index is 13.7. The normalized spacial score (nSPS) is 13.8. The number of fused-ring (bicyclic) bond motifs is 3. The third kappa shape index (κ3) is 8.95. The van der Waals surface area contributed by atoms with Crippen molar-refractivity contribution < 1.29 is 60.3 Å². The first-order chi connectivity index (χ1) is 26.7. The molecule has 0 bridgehead atoms. The van der Waals surface area contributed by atoms with Crippen LogP contribution < -0.4 is 5.32 Å². The molecule has 2 atom stereocenters. The van der Waals surface area contributed by atoms with E-state index in [0.717, 1.165) is 31.1 Å². The third-order valence-corrected chi connectivity index (χ3v) is 9.95. The van der Waals surface area contributed by atoms with Gasteiger partial charge in [-0.15, -0.1) is 0 Å². The zero-order chi connectivity index (χ0) is 40.7. The van der Waals surface area contributed by atoms with Crippen molar-refractivity contribution in [1.29, 1.82) is 0 Å². The molecule has 0 heterocycles. The van der Waals surface area contributed by atoms with Gasteiger partial charge in [0.2, 0.25) is 6.10 Å². The molecule has 0 spiro atoms. The number of rotatable bonds is 15. The Labute approximate surface area is 323 Å². The minimum Gasteiger partial charge on any atom is -0.508 e. The second kappa shape index (κ2) is 17.9. The molecule has 0 saturated heterocycles. The molecule has 0 aromatic heterocycles. The Kier molecular flexibility index (Phi) is 13.0. The van der Waals surface area contributed by atoms with Crippen molar-refractivity contribution in [2.45, 2.75) is 70.8 Å². The van der Waals surface area contributed by atoms with Gasteiger partial charge in [0.05, 0.1) is 0 Å². The Morgan fingerprint density at radius 3 is 2.09 bits per heavy atom. The molecule has 4 aromatic rings. The summed E-state index contributed by atoms with van der Waals surface area (Å²) < 4.78 is 5.58. The predicted octanol–water partition coefficient (Wildman–Crippen LogP) is 7.01. The van der Waals surface area contributed by atoms with Crippen molar-refractivity contribution >= 4 is 29.7 Å². The van der Waals surface area contributed by atoms with Crippen molar-refractivity contribution in [3.63, 3.8) is 0 Å². The molecule has 1 aliphatic carbocycles. The van der Waals surface area contributed by atoms with Crippen molar-refractivity contribution in [3.8, 4) is 57.1 Å². The van der Waals surface area contributed by atoms with Crippen LogP contribution in [0.3, 0.4) is 0 Å². The number of carboxylic acid groups (broad SMARTS) is 1. The standard InChI is InChI=1S/C43H47NO12/c1-3-5-6-9-23(20-38(51)56-42(43(54)55)31(22-44-4-2)26-18-36(49)41(53)37(50)19-26)30-21-34(47)33(46)16-24(30)14-15-25-17-35(48)40(52)29-12-7-10-27-28(39(25)29)11-8-13-32(27)45/h8,11,13-21,31,42,44-50,52-53H,3-7,9-10,12,22H2,1-2H3,(H,54,55). The number of likely N-dealkylation sites (N-methyl/N-ethyl adjacent to an activating group) is 1. The molecule has 2 unspecified atom stereocenters. The molecule has 0 amide bonds. The molecule has 5 rings (SSSR count). The van der Waals surface area contributed by atoms with Gasteiger partial charge in [0.15, 0.2) is 40.2 Å². The van der Waals surface area contributed by atoms with Gasteiger partial charge in [0.1, 0.15) is 5.75 Å². The van der Waals surface area contributed by atoms with Crippen molar-refractivity contribution in [2.75, 3.05) is 13.1 Å². The van der Waals surface area contributed by atoms with Crippen LogP contribution in [0, 0.1) is 0 Å². The van der Waals surface area contributed by atoms with Crippen molar-refractivity contribution in [3.05, 3.63) is 88.0 Å². The number of esters is 1. The Hall–Kier alpha value is -6.34. The Balaban J connectivity index is 1.59. The Morgan fingerprint density at radius 1 is 0.768 bits per heavy atom. The van der Waals surface area contributed by atoms with E-state index in [0.29, 0.717) is 76.7 Å². The molecule has 13 heteroatoms. The van der Waals surface area contributed by atoms with Gasteiger partial charge in [-0.1, -0.05) is 51.0 Å². The number of unbranched alkanes of at least 4 members (excludes halogenated alkanes) is 2. The average molecular weight is 770 g/mol. The summed E-state index contributed by atoms with van der Waals surface area (Å²) in [5.74, 6) is -7.27. The first-order valence-electron chi connectivity index (χ1n) is 18.5. The number of carbonyl (C=O) groups excluding carboxylic acids is 1. The fraction of sp³-hybridized carbons (Fsp3) is 0.302. The van der Waals surface area contributed by atoms with Crippen LogP contribution in [0.5, 0.6) is 46.0 Å². The molecule has 56 heavy (non-hydrogen) atoms. The van der Waals surface area contributed by atoms with Crippen LogP contribution in [-0.2, 0) is 27.2 Å². The van der Waals surface area contributed by atoms with E-state index < -0.39 is 52.7 Å². The molecule has 1 aliphatic rings. The zero-order valence-corrected chi connectivity index (χ0v) is 31.1. The van der Waals surface area contributed by atoms with E-state index in [1.807, 2.05) is 13.0 Å². The number of carboxylic acids is 1. The van der Waals surface area contributed by atoms with Crippen LogP contribution in [0.4, 0.5) is 0 Å². The Morgan fingerprint density at radius 2 is 1.41 bits per heavy atom. The molecule has 0 saturated carbocycles. The van der Waals surface area contributed by atoms with E-state index in [-0.39, 0.29) is 35.8 Å². The van der Waals surface area contributed by atoms with Crippen LogP contribution in [0.25, 0.3) is 28.9 Å². The van der Waals surface area contributed by atoms with E-state index in [1.165, 1.54) is 18.2 Å². The van der Waals surface area contributed by atoms with Gasteiger partial charge in [-0.2, -0.15) is 0 Å². The number of phenols is 8. The van der Waals surface area contributed by atoms with E-state index in [4.69, 9.17) is 4.74 Å². The second-order valence-corrected chi connectivity index (χ2v) is 13.7. The quantitative estimate of drug-likeness (QED) is 0.0193. The average Bonchev–Trinajstić information content (AvgIpc) is 3.36. The first-order valence-corrected chi connectivity index (χ1v) is 18.5. The molecule has 13 nitrogen and oxygen atoms in total. The Bertz CT molecular complexity index is 2150. The topological polar surface area (TPSA) is 237 Å². The summed E-state index contributed by atoms with van der Waals surface area (Å²) in [5, 5.41) is 97.1. The lowest BCUT2D eigenvalue weighted by Gasteiger charge is -2.25. The molecular weight excluding hydrogens is 722 g/mol. The number of hydrogen-bond donors (Lipinski definition) is 10. The first kappa shape index (κ1) is 40.8. The lowest BCUT2D eigenvalue weighted by Crippen LogP contribution is -2.38. The lowest BCUT2D eigenvalue weighted by atomic mass is 9.89. The highest BCUT2D eigenvalue weighted by Gasteiger charge is 2.34. The van der Waals surface area contributed by atoms with Crippen LogP contribution in [-0.4, -0.2) is 77.1 Å². The number of ether oxygens (including phenoxy) is 1. The number of hydrogen-bond acceptors (Lipinski definition) is 12. The van der Waals surface area contributed by atoms with Crippen LogP contribution in [0.2, 0.25) is 0 Å². The highest BCUT2D eigenvalue weighted by atomic mass is 16.6. The summed E-state index contributed by atoms with van der Waals surface area (Å²) >= 11 is 0. The van der Waals surface area contributed by atoms with Gasteiger partial charge < -0.3 is 56.0 Å². The summed E-state index contributed by atoms with van der Waals surface area (Å²) in [5.41, 5.74) is 4.07. The highest BCUT2D eigenvalue weighted by molar-refractivity contribution is 5.96. The number of phenolic OH excluding ortho intramolecular Hbond substituents is 8. The van der Waals surface area contributed by atoms with Gasteiger partial charge >= 0.3 is 11.9 Å². The van der Waals surface area contributed by atoms with Gasteiger partial charge in [-0.25, -0.2) is 9.59 Å². The number of carbonyl (C=O) groups is 2. The van der Waals surface area contributed by atoms with Gasteiger partial charge in [0.25, 0.3) is 0 Å². The number of benzene rings is 4.